The van der Waals surface area contributed by atoms with Gasteiger partial charge in [-0.3, -0.25) is 19.3 Å². The number of benzene rings is 1. The molecule has 9 nitrogen and oxygen atoms in total. The Balaban J connectivity index is 1.98. The summed E-state index contributed by atoms with van der Waals surface area (Å²) in [5, 5.41) is 3.08. The average Bonchev–Trinajstić information content (AvgIpc) is 3.42. The third kappa shape index (κ3) is 5.01. The minimum absolute atomic E-state index is 0.0693. The first-order valence-corrected chi connectivity index (χ1v) is 11.6. The van der Waals surface area contributed by atoms with E-state index in [-0.39, 0.29) is 28.2 Å². The van der Waals surface area contributed by atoms with Crippen molar-refractivity contribution >= 4 is 40.6 Å². The summed E-state index contributed by atoms with van der Waals surface area (Å²) in [6.07, 6.45) is 4.41. The van der Waals surface area contributed by atoms with Gasteiger partial charge in [0.15, 0.2) is 5.69 Å². The van der Waals surface area contributed by atoms with Gasteiger partial charge < -0.3 is 21.5 Å². The third-order valence-corrected chi connectivity index (χ3v) is 6.35. The molecule has 3 rings (SSSR count). The minimum Gasteiger partial charge on any atom is -0.494 e. The molecule has 0 radical (unpaired) electrons. The van der Waals surface area contributed by atoms with Gasteiger partial charge in [0.1, 0.15) is 16.7 Å². The van der Waals surface area contributed by atoms with Crippen molar-refractivity contribution in [2.45, 2.75) is 58.0 Å². The highest BCUT2D eigenvalue weighted by atomic mass is 32.1. The lowest BCUT2D eigenvalue weighted by Gasteiger charge is -2.31. The number of amides is 3. The van der Waals surface area contributed by atoms with Crippen LogP contribution in [0.5, 0.6) is 5.75 Å². The number of nitrogens with two attached hydrogens (primary N) is 2. The van der Waals surface area contributed by atoms with Crippen LogP contribution < -0.4 is 26.4 Å². The number of nitrogens with one attached hydrogen (secondary N) is 1. The topological polar surface area (TPSA) is 141 Å². The lowest BCUT2D eigenvalue weighted by molar-refractivity contribution is -0.123. The van der Waals surface area contributed by atoms with Crippen LogP contribution in [0.25, 0.3) is 0 Å². The van der Waals surface area contributed by atoms with Crippen molar-refractivity contribution < 1.29 is 19.1 Å². The van der Waals surface area contributed by atoms with E-state index in [9.17, 15) is 14.4 Å². The molecule has 1 aromatic heterocycles. The molecule has 0 bridgehead atoms. The predicted molar refractivity (Wildman–Crippen MR) is 124 cm³/mol. The Morgan fingerprint density at radius 2 is 1.88 bits per heavy atom. The van der Waals surface area contributed by atoms with E-state index in [2.05, 4.69) is 9.69 Å². The SMILES string of the molecule is CCOc1ccc(N(C(=O)c2snc(C(N)=O)c2N)[C@H](CC)C(=O)NC2CCCC2)cc1. The molecule has 1 heterocycles. The van der Waals surface area contributed by atoms with Crippen molar-refractivity contribution in [3.63, 3.8) is 0 Å². The van der Waals surface area contributed by atoms with Gasteiger partial charge in [-0.25, -0.2) is 0 Å². The molecule has 1 aliphatic carbocycles. The maximum Gasteiger partial charge on any atom is 0.272 e. The van der Waals surface area contributed by atoms with E-state index >= 15 is 0 Å². The number of primary amides is 1. The second-order valence-electron chi connectivity index (χ2n) is 7.65. The quantitative estimate of drug-likeness (QED) is 0.526. The number of carbonyl (C=O) groups is 3. The molecule has 2 aromatic rings. The monoisotopic (exact) mass is 459 g/mol. The van der Waals surface area contributed by atoms with Crippen molar-refractivity contribution in [3.05, 3.63) is 34.8 Å². The zero-order chi connectivity index (χ0) is 23.3. The Morgan fingerprint density at radius 1 is 1.22 bits per heavy atom. The number of nitrogens with zero attached hydrogens (tertiary/aromatic N) is 2. The van der Waals surface area contributed by atoms with Gasteiger partial charge in [0.05, 0.1) is 12.3 Å². The van der Waals surface area contributed by atoms with Crippen LogP contribution in [0.1, 0.15) is 66.1 Å². The molecular weight excluding hydrogens is 430 g/mol. The molecule has 32 heavy (non-hydrogen) atoms. The third-order valence-electron chi connectivity index (χ3n) is 5.50. The maximum absolute atomic E-state index is 13.6. The highest BCUT2D eigenvalue weighted by Crippen LogP contribution is 2.30. The van der Waals surface area contributed by atoms with Gasteiger partial charge in [0, 0.05) is 11.7 Å². The number of hydrogen-bond acceptors (Lipinski definition) is 7. The van der Waals surface area contributed by atoms with E-state index in [1.165, 1.54) is 4.90 Å². The Morgan fingerprint density at radius 3 is 2.41 bits per heavy atom. The number of carbonyl (C=O) groups excluding carboxylic acids is 3. The van der Waals surface area contributed by atoms with Crippen LogP contribution >= 0.6 is 11.5 Å². The van der Waals surface area contributed by atoms with Crippen LogP contribution in [0.4, 0.5) is 11.4 Å². The molecule has 5 N–H and O–H groups in total. The standard InChI is InChI=1S/C22H29N5O4S/c1-3-16(21(29)25-13-7-5-6-8-13)27(14-9-11-15(12-10-14)31-4-2)22(30)19-17(23)18(20(24)28)26-32-19/h9-13,16H,3-8,23H2,1-2H3,(H2,24,28)(H,25,29)/t16-/m1/s1. The van der Waals surface area contributed by atoms with Gasteiger partial charge in [-0.1, -0.05) is 19.8 Å². The molecule has 0 spiro atoms. The summed E-state index contributed by atoms with van der Waals surface area (Å²) in [5.41, 5.74) is 11.6. The molecular formula is C22H29N5O4S. The van der Waals surface area contributed by atoms with E-state index < -0.39 is 17.9 Å². The van der Waals surface area contributed by atoms with Crippen LogP contribution in [0.3, 0.4) is 0 Å². The van der Waals surface area contributed by atoms with E-state index in [1.54, 1.807) is 24.3 Å². The van der Waals surface area contributed by atoms with E-state index in [0.717, 1.165) is 37.2 Å². The van der Waals surface area contributed by atoms with Crippen molar-refractivity contribution in [1.82, 2.24) is 9.69 Å². The zero-order valence-electron chi connectivity index (χ0n) is 18.3. The normalized spacial score (nSPS) is 14.7. The summed E-state index contributed by atoms with van der Waals surface area (Å²) in [5.74, 6) is -0.887. The number of hydrogen-bond donors (Lipinski definition) is 3. The smallest absolute Gasteiger partial charge is 0.272 e. The molecule has 172 valence electrons. The first-order chi connectivity index (χ1) is 15.4. The molecule has 1 fully saturated rings. The fourth-order valence-corrected chi connectivity index (χ4v) is 4.64. The summed E-state index contributed by atoms with van der Waals surface area (Å²) in [7, 11) is 0. The largest absolute Gasteiger partial charge is 0.494 e. The highest BCUT2D eigenvalue weighted by Gasteiger charge is 2.34. The number of anilines is 2. The van der Waals surface area contributed by atoms with E-state index in [4.69, 9.17) is 16.2 Å². The van der Waals surface area contributed by atoms with Crippen LogP contribution in [-0.4, -0.2) is 40.8 Å². The Hall–Kier alpha value is -3.14. The summed E-state index contributed by atoms with van der Waals surface area (Å²) in [4.78, 5) is 39.9. The van der Waals surface area contributed by atoms with E-state index in [0.29, 0.717) is 24.5 Å². The predicted octanol–water partition coefficient (Wildman–Crippen LogP) is 2.71. The van der Waals surface area contributed by atoms with Gasteiger partial charge in [-0.2, -0.15) is 4.37 Å². The second-order valence-corrected chi connectivity index (χ2v) is 8.43. The van der Waals surface area contributed by atoms with Gasteiger partial charge in [0.25, 0.3) is 11.8 Å². The van der Waals surface area contributed by atoms with Crippen LogP contribution in [-0.2, 0) is 4.79 Å². The molecule has 1 aliphatic rings. The first-order valence-electron chi connectivity index (χ1n) is 10.8. The van der Waals surface area contributed by atoms with Gasteiger partial charge in [0.2, 0.25) is 5.91 Å². The van der Waals surface area contributed by atoms with Crippen molar-refractivity contribution in [2.24, 2.45) is 5.73 Å². The first kappa shape index (κ1) is 23.5. The van der Waals surface area contributed by atoms with Crippen molar-refractivity contribution in [1.29, 1.82) is 0 Å². The van der Waals surface area contributed by atoms with E-state index in [1.807, 2.05) is 13.8 Å². The van der Waals surface area contributed by atoms with Crippen LogP contribution in [0.15, 0.2) is 24.3 Å². The second kappa shape index (κ2) is 10.4. The molecule has 0 unspecified atom stereocenters. The molecule has 1 atom stereocenters. The van der Waals surface area contributed by atoms with Crippen LogP contribution in [0, 0.1) is 0 Å². The highest BCUT2D eigenvalue weighted by molar-refractivity contribution is 7.09. The molecule has 1 saturated carbocycles. The van der Waals surface area contributed by atoms with Gasteiger partial charge in [-0.15, -0.1) is 0 Å². The summed E-state index contributed by atoms with van der Waals surface area (Å²) >= 11 is 0.796. The minimum atomic E-state index is -0.809. The average molecular weight is 460 g/mol. The molecule has 10 heteroatoms. The zero-order valence-corrected chi connectivity index (χ0v) is 19.1. The number of aromatic nitrogens is 1. The summed E-state index contributed by atoms with van der Waals surface area (Å²) < 4.78 is 9.43. The molecule has 0 aliphatic heterocycles. The lowest BCUT2D eigenvalue weighted by atomic mass is 10.1. The van der Waals surface area contributed by atoms with Crippen molar-refractivity contribution in [3.8, 4) is 5.75 Å². The summed E-state index contributed by atoms with van der Waals surface area (Å²) in [6.45, 7) is 4.24. The molecule has 1 aromatic carbocycles. The fraction of sp³-hybridized carbons (Fsp3) is 0.455. The number of nitrogen functional groups attached to an aromatic ring is 1. The van der Waals surface area contributed by atoms with Crippen LogP contribution in [0.2, 0.25) is 0 Å². The van der Waals surface area contributed by atoms with Gasteiger partial charge >= 0.3 is 0 Å². The van der Waals surface area contributed by atoms with Crippen molar-refractivity contribution in [2.75, 3.05) is 17.2 Å². The molecule has 3 amide bonds. The number of ether oxygens (including phenoxy) is 1. The van der Waals surface area contributed by atoms with Gasteiger partial charge in [-0.05, 0) is 62.0 Å². The lowest BCUT2D eigenvalue weighted by Crippen LogP contribution is -2.51. The maximum atomic E-state index is 13.6. The Bertz CT molecular complexity index is 969. The fourth-order valence-electron chi connectivity index (χ4n) is 3.90. The molecule has 0 saturated heterocycles. The summed E-state index contributed by atoms with van der Waals surface area (Å²) in [6, 6.07) is 6.28. The Labute approximate surface area is 191 Å². The number of rotatable bonds is 9. The Kier molecular flexibility index (Phi) is 7.68.